The molecule has 0 amide bonds. The molecular formula is C17H22N+. The predicted octanol–water partition coefficient (Wildman–Crippen LogP) is 3.87. The Morgan fingerprint density at radius 1 is 0.889 bits per heavy atom. The van der Waals surface area contributed by atoms with Crippen molar-refractivity contribution in [1.82, 2.24) is 0 Å². The molecule has 0 saturated carbocycles. The van der Waals surface area contributed by atoms with Crippen molar-refractivity contribution in [2.45, 2.75) is 13.5 Å². The lowest BCUT2D eigenvalue weighted by atomic mass is 9.98. The maximum Gasteiger partial charge on any atom is 0.104 e. The Morgan fingerprint density at radius 2 is 1.56 bits per heavy atom. The van der Waals surface area contributed by atoms with Crippen LogP contribution in [0.2, 0.25) is 0 Å². The molecule has 0 bridgehead atoms. The van der Waals surface area contributed by atoms with Gasteiger partial charge < -0.3 is 4.48 Å². The molecule has 2 rings (SSSR count). The molecule has 2 aromatic carbocycles. The van der Waals surface area contributed by atoms with E-state index in [0.717, 1.165) is 11.0 Å². The van der Waals surface area contributed by atoms with E-state index in [1.165, 1.54) is 22.3 Å². The third kappa shape index (κ3) is 3.21. The van der Waals surface area contributed by atoms with Gasteiger partial charge in [-0.05, 0) is 29.7 Å². The summed E-state index contributed by atoms with van der Waals surface area (Å²) >= 11 is 0. The van der Waals surface area contributed by atoms with Crippen LogP contribution in [0.1, 0.15) is 11.1 Å². The zero-order valence-electron chi connectivity index (χ0n) is 11.8. The highest BCUT2D eigenvalue weighted by Gasteiger charge is 2.10. The molecule has 0 aliphatic rings. The van der Waals surface area contributed by atoms with Crippen LogP contribution in [0.5, 0.6) is 0 Å². The van der Waals surface area contributed by atoms with E-state index in [9.17, 15) is 0 Å². The molecule has 0 N–H and O–H groups in total. The van der Waals surface area contributed by atoms with E-state index < -0.39 is 0 Å². The Hall–Kier alpha value is -1.60. The molecule has 0 spiro atoms. The molecule has 0 aliphatic heterocycles. The van der Waals surface area contributed by atoms with Gasteiger partial charge in [0.1, 0.15) is 6.54 Å². The topological polar surface area (TPSA) is 0 Å². The second-order valence-corrected chi connectivity index (χ2v) is 5.96. The molecule has 0 atom stereocenters. The third-order valence-electron chi connectivity index (χ3n) is 3.04. The van der Waals surface area contributed by atoms with Gasteiger partial charge in [0.25, 0.3) is 0 Å². The fraction of sp³-hybridized carbons (Fsp3) is 0.294. The number of benzene rings is 2. The highest BCUT2D eigenvalue weighted by Crippen LogP contribution is 2.25. The average Bonchev–Trinajstić information content (AvgIpc) is 2.31. The smallest absolute Gasteiger partial charge is 0.104 e. The highest BCUT2D eigenvalue weighted by atomic mass is 15.3. The zero-order chi connectivity index (χ0) is 13.2. The minimum Gasteiger partial charge on any atom is -0.327 e. The fourth-order valence-electron chi connectivity index (χ4n) is 2.24. The van der Waals surface area contributed by atoms with Gasteiger partial charge in [-0.15, -0.1) is 0 Å². The van der Waals surface area contributed by atoms with Crippen LogP contribution in [0.3, 0.4) is 0 Å². The summed E-state index contributed by atoms with van der Waals surface area (Å²) in [5.74, 6) is 0. The number of nitrogens with zero attached hydrogens (tertiary/aromatic N) is 1. The lowest BCUT2D eigenvalue weighted by Crippen LogP contribution is -2.33. The lowest BCUT2D eigenvalue weighted by Gasteiger charge is -2.24. The van der Waals surface area contributed by atoms with Gasteiger partial charge in [-0.3, -0.25) is 0 Å². The first-order valence-electron chi connectivity index (χ1n) is 6.41. The van der Waals surface area contributed by atoms with E-state index >= 15 is 0 Å². The van der Waals surface area contributed by atoms with Gasteiger partial charge >= 0.3 is 0 Å². The van der Waals surface area contributed by atoms with E-state index in [1.807, 2.05) is 0 Å². The summed E-state index contributed by atoms with van der Waals surface area (Å²) in [6.45, 7) is 3.23. The number of rotatable bonds is 3. The van der Waals surface area contributed by atoms with Gasteiger partial charge in [0.05, 0.1) is 21.1 Å². The summed E-state index contributed by atoms with van der Waals surface area (Å²) in [4.78, 5) is 0. The Kier molecular flexibility index (Phi) is 3.53. The van der Waals surface area contributed by atoms with Gasteiger partial charge in [-0.25, -0.2) is 0 Å². The molecule has 2 aromatic rings. The summed E-state index contributed by atoms with van der Waals surface area (Å²) in [6, 6.07) is 17.4. The highest BCUT2D eigenvalue weighted by molar-refractivity contribution is 5.67. The van der Waals surface area contributed by atoms with Crippen LogP contribution in [-0.2, 0) is 6.54 Å². The number of hydrogen-bond acceptors (Lipinski definition) is 0. The second-order valence-electron chi connectivity index (χ2n) is 5.96. The molecule has 0 heterocycles. The van der Waals surface area contributed by atoms with Crippen LogP contribution in [0.25, 0.3) is 11.1 Å². The SMILES string of the molecule is Cc1ccc(C[N+](C)(C)C)cc1-c1ccccc1. The van der Waals surface area contributed by atoms with Gasteiger partial charge in [-0.2, -0.15) is 0 Å². The van der Waals surface area contributed by atoms with Crippen LogP contribution < -0.4 is 0 Å². The first-order chi connectivity index (χ1) is 8.46. The molecule has 0 saturated heterocycles. The Balaban J connectivity index is 2.39. The van der Waals surface area contributed by atoms with Gasteiger partial charge in [-0.1, -0.05) is 42.5 Å². The Labute approximate surface area is 110 Å². The maximum atomic E-state index is 2.33. The number of aryl methyl sites for hydroxylation is 1. The molecule has 0 fully saturated rings. The van der Waals surface area contributed by atoms with Crippen molar-refractivity contribution in [2.24, 2.45) is 0 Å². The minimum atomic E-state index is 0.956. The fourth-order valence-corrected chi connectivity index (χ4v) is 2.24. The van der Waals surface area contributed by atoms with Crippen molar-refractivity contribution >= 4 is 0 Å². The molecular weight excluding hydrogens is 218 g/mol. The minimum absolute atomic E-state index is 0.956. The van der Waals surface area contributed by atoms with Gasteiger partial charge in [0.15, 0.2) is 0 Å². The quantitative estimate of drug-likeness (QED) is 0.714. The van der Waals surface area contributed by atoms with Gasteiger partial charge in [0.2, 0.25) is 0 Å². The van der Waals surface area contributed by atoms with Crippen molar-refractivity contribution in [3.05, 3.63) is 59.7 Å². The summed E-state index contributed by atoms with van der Waals surface area (Å²) in [7, 11) is 6.67. The summed E-state index contributed by atoms with van der Waals surface area (Å²) < 4.78 is 0.956. The van der Waals surface area contributed by atoms with Crippen molar-refractivity contribution in [2.75, 3.05) is 21.1 Å². The van der Waals surface area contributed by atoms with E-state index in [1.54, 1.807) is 0 Å². The molecule has 1 heteroatoms. The van der Waals surface area contributed by atoms with Crippen LogP contribution in [0, 0.1) is 6.92 Å². The van der Waals surface area contributed by atoms with Crippen LogP contribution >= 0.6 is 0 Å². The molecule has 94 valence electrons. The largest absolute Gasteiger partial charge is 0.327 e. The summed E-state index contributed by atoms with van der Waals surface area (Å²) in [5.41, 5.74) is 5.39. The van der Waals surface area contributed by atoms with E-state index in [0.29, 0.717) is 0 Å². The summed E-state index contributed by atoms with van der Waals surface area (Å²) in [5, 5.41) is 0. The number of hydrogen-bond donors (Lipinski definition) is 0. The maximum absolute atomic E-state index is 2.33. The molecule has 0 aromatic heterocycles. The second kappa shape index (κ2) is 4.95. The van der Waals surface area contributed by atoms with Crippen LogP contribution in [0.4, 0.5) is 0 Å². The van der Waals surface area contributed by atoms with Crippen molar-refractivity contribution in [3.63, 3.8) is 0 Å². The Bertz CT molecular complexity index is 521. The van der Waals surface area contributed by atoms with Crippen LogP contribution in [0.15, 0.2) is 48.5 Å². The number of quaternary nitrogens is 1. The zero-order valence-corrected chi connectivity index (χ0v) is 11.8. The molecule has 1 nitrogen and oxygen atoms in total. The average molecular weight is 240 g/mol. The normalized spacial score (nSPS) is 11.6. The van der Waals surface area contributed by atoms with Crippen molar-refractivity contribution < 1.29 is 4.48 Å². The lowest BCUT2D eigenvalue weighted by molar-refractivity contribution is -0.884. The van der Waals surface area contributed by atoms with Crippen molar-refractivity contribution in [3.8, 4) is 11.1 Å². The monoisotopic (exact) mass is 240 g/mol. The predicted molar refractivity (Wildman–Crippen MR) is 78.4 cm³/mol. The first-order valence-corrected chi connectivity index (χ1v) is 6.41. The standard InChI is InChI=1S/C17H22N/c1-14-10-11-15(13-18(2,3)4)12-17(14)16-8-6-5-7-9-16/h5-12H,13H2,1-4H3/q+1. The van der Waals surface area contributed by atoms with Crippen molar-refractivity contribution in [1.29, 1.82) is 0 Å². The third-order valence-corrected chi connectivity index (χ3v) is 3.04. The van der Waals surface area contributed by atoms with Crippen LogP contribution in [-0.4, -0.2) is 25.6 Å². The Morgan fingerprint density at radius 3 is 2.17 bits per heavy atom. The first kappa shape index (κ1) is 12.8. The van der Waals surface area contributed by atoms with E-state index in [-0.39, 0.29) is 0 Å². The molecule has 0 unspecified atom stereocenters. The molecule has 0 radical (unpaired) electrons. The van der Waals surface area contributed by atoms with Gasteiger partial charge in [0, 0.05) is 5.56 Å². The molecule has 18 heavy (non-hydrogen) atoms. The van der Waals surface area contributed by atoms with E-state index in [4.69, 9.17) is 0 Å². The molecule has 0 aliphatic carbocycles. The summed E-state index contributed by atoms with van der Waals surface area (Å²) in [6.07, 6.45) is 0. The van der Waals surface area contributed by atoms with E-state index in [2.05, 4.69) is 76.6 Å².